The van der Waals surface area contributed by atoms with Gasteiger partial charge in [0.05, 0.1) is 15.7 Å². The topological polar surface area (TPSA) is 231 Å². The smallest absolute Gasteiger partial charge is 0.744 e. The summed E-state index contributed by atoms with van der Waals surface area (Å²) in [7, 11) is -4.25. The third kappa shape index (κ3) is 19.9. The second kappa shape index (κ2) is 37.5. The van der Waals surface area contributed by atoms with Crippen LogP contribution in [-0.2, 0) is 51.5 Å². The number of hydrogen-bond acceptors (Lipinski definition) is 11. The molecule has 16 nitrogen and oxygen atoms in total. The van der Waals surface area contributed by atoms with E-state index < -0.39 is 43.0 Å². The summed E-state index contributed by atoms with van der Waals surface area (Å²) in [6.07, 6.45) is 27.2. The molecule has 14 rings (SSSR count). The third-order valence-corrected chi connectivity index (χ3v) is 25.5. The fourth-order valence-corrected chi connectivity index (χ4v) is 18.6. The van der Waals surface area contributed by atoms with Crippen LogP contribution < -0.4 is 73.7 Å². The number of rotatable bonds is 22. The Morgan fingerprint density at radius 1 is 0.530 bits per heavy atom. The molecule has 0 amide bonds. The molecule has 0 fully saturated rings. The fraction of sp³-hybridized carbons (Fsp3) is 0.319. The number of halogens is 3. The fourth-order valence-electron chi connectivity index (χ4n) is 17.3. The Hall–Kier alpha value is -8.35. The van der Waals surface area contributed by atoms with E-state index in [1.54, 1.807) is 12.1 Å². The summed E-state index contributed by atoms with van der Waals surface area (Å²) in [6.45, 7) is 19.0. The number of ether oxygens (including phenoxy) is 1. The zero-order valence-corrected chi connectivity index (χ0v) is 75.2. The van der Waals surface area contributed by atoms with Gasteiger partial charge in [-0.1, -0.05) is 119 Å². The van der Waals surface area contributed by atoms with Gasteiger partial charge in [0.25, 0.3) is 0 Å². The summed E-state index contributed by atoms with van der Waals surface area (Å²) in [5.74, 6) is -1.06. The molecule has 4 heterocycles. The molecule has 600 valence electrons. The van der Waals surface area contributed by atoms with Crippen LogP contribution in [-0.4, -0.2) is 101 Å². The molecular weight excluding hydrogens is 1560 g/mol. The van der Waals surface area contributed by atoms with Crippen LogP contribution in [0.15, 0.2) is 261 Å². The molecule has 0 saturated heterocycles. The Labute approximate surface area is 735 Å². The van der Waals surface area contributed by atoms with Crippen molar-refractivity contribution in [1.82, 2.24) is 0 Å². The number of nitrogens with zero attached hydrogens (tertiary/aromatic N) is 4. The van der Waals surface area contributed by atoms with Gasteiger partial charge in [0.15, 0.2) is 11.4 Å². The van der Waals surface area contributed by atoms with Gasteiger partial charge in [0.2, 0.25) is 11.4 Å². The van der Waals surface area contributed by atoms with Crippen molar-refractivity contribution in [2.24, 2.45) is 0 Å². The van der Waals surface area contributed by atoms with E-state index in [9.17, 15) is 39.8 Å². The largest absolute Gasteiger partial charge is 1.00 e. The molecule has 117 heavy (non-hydrogen) atoms. The number of hydrogen-bond donors (Lipinski definition) is 3. The second-order valence-electron chi connectivity index (χ2n) is 32.4. The average molecular weight is 1660 g/mol. The number of carboxylic acids is 2. The molecule has 0 radical (unpaired) electrons. The molecule has 5 N–H and O–H groups in total. The number of aliphatic carboxylic acids is 2. The van der Waals surface area contributed by atoms with Crippen molar-refractivity contribution < 1.29 is 133 Å². The molecule has 8 aromatic rings. The number of phenols is 1. The van der Waals surface area contributed by atoms with Crippen molar-refractivity contribution in [1.29, 1.82) is 0 Å². The Bertz CT molecular complexity index is 5760. The van der Waals surface area contributed by atoms with Gasteiger partial charge in [-0.15, -0.1) is 8.42 Å². The third-order valence-electron chi connectivity index (χ3n) is 23.2. The van der Waals surface area contributed by atoms with Crippen LogP contribution in [0.1, 0.15) is 168 Å². The van der Waals surface area contributed by atoms with Crippen LogP contribution in [0.5, 0.6) is 11.5 Å². The molecule has 0 bridgehead atoms. The summed E-state index contributed by atoms with van der Waals surface area (Å²) < 4.78 is 103. The van der Waals surface area contributed by atoms with E-state index in [0.717, 1.165) is 138 Å². The number of fused-ring (bicyclic) bond motifs is 8. The number of allylic oxidation sites excluding steroid dienone is 15. The molecule has 8 aromatic carbocycles. The van der Waals surface area contributed by atoms with Crippen LogP contribution in [0.25, 0.3) is 21.5 Å². The Balaban J connectivity index is 0.000000217. The van der Waals surface area contributed by atoms with Crippen molar-refractivity contribution in [3.8, 4) is 11.5 Å². The summed E-state index contributed by atoms with van der Waals surface area (Å²) in [5, 5.41) is 32.7. The van der Waals surface area contributed by atoms with E-state index in [0.29, 0.717) is 30.9 Å². The first-order valence-corrected chi connectivity index (χ1v) is 42.4. The van der Waals surface area contributed by atoms with E-state index in [1.807, 2.05) is 12.1 Å². The first-order chi connectivity index (χ1) is 54.5. The van der Waals surface area contributed by atoms with Gasteiger partial charge in [0, 0.05) is 100.0 Å². The monoisotopic (exact) mass is 1660 g/mol. The van der Waals surface area contributed by atoms with Gasteiger partial charge < -0.3 is 39.0 Å². The minimum Gasteiger partial charge on any atom is -0.744 e. The first-order valence-electron chi connectivity index (χ1n) is 39.2. The molecule has 23 heteroatoms. The van der Waals surface area contributed by atoms with Crippen LogP contribution in [0.4, 0.5) is 31.5 Å². The van der Waals surface area contributed by atoms with Gasteiger partial charge in [-0.3, -0.25) is 9.59 Å². The molecule has 2 aliphatic carbocycles. The zero-order chi connectivity index (χ0) is 82.7. The molecule has 6 aliphatic rings. The van der Waals surface area contributed by atoms with Crippen LogP contribution >= 0.6 is 11.6 Å². The molecule has 0 atom stereocenters. The van der Waals surface area contributed by atoms with Gasteiger partial charge in [-0.05, 0) is 262 Å². The van der Waals surface area contributed by atoms with Crippen molar-refractivity contribution in [2.75, 3.05) is 37.0 Å². The minimum atomic E-state index is -4.63. The molecule has 0 aromatic heterocycles. The Kier molecular flexibility index (Phi) is 29.2. The average Bonchev–Trinajstić information content (AvgIpc) is 1.60. The molecule has 0 saturated carbocycles. The normalized spacial score (nSPS) is 18.5. The van der Waals surface area contributed by atoms with Crippen molar-refractivity contribution in [3.63, 3.8) is 0 Å². The second-order valence-corrected chi connectivity index (χ2v) is 35.6. The van der Waals surface area contributed by atoms with Gasteiger partial charge in [-0.2, -0.15) is 9.15 Å². The summed E-state index contributed by atoms with van der Waals surface area (Å²) >= 11 is 7.15. The maximum absolute atomic E-state index is 14.7. The number of carbonyl (C=O) groups is 2. The predicted molar refractivity (Wildman–Crippen MR) is 454 cm³/mol. The predicted octanol–water partition coefficient (Wildman–Crippen LogP) is 14.5. The van der Waals surface area contributed by atoms with E-state index >= 15 is 0 Å². The SMILES string of the molecule is C[N+]1=C(C=CC2=C(Cl)C(=CC=C3N(CCCCCC(=O)O)c4ccc(F)cc4C3(C)C)CCC2)C(C)(C)c2c1ccc1ccccc21.C[N+]1=C(C=CC2=C(Oc3ccc(S(=O)(=O)[O-])cc3)C(=CC=C3N(CCCCCC(=O)O)c4ccc(F)cc4C3(C)C)CCC2)C(C)(C)c2c1ccc1ccccc21.O=S(=O)([OH2+])c1ccc(O)cc1.[Na+].[Na+]. The minimum absolute atomic E-state index is 0. The Morgan fingerprint density at radius 3 is 1.41 bits per heavy atom. The van der Waals surface area contributed by atoms with E-state index in [-0.39, 0.29) is 110 Å². The van der Waals surface area contributed by atoms with Crippen LogP contribution in [0, 0.1) is 11.6 Å². The van der Waals surface area contributed by atoms with E-state index in [4.69, 9.17) is 36.2 Å². The number of benzene rings is 8. The summed E-state index contributed by atoms with van der Waals surface area (Å²) in [6, 6.07) is 46.2. The zero-order valence-electron chi connectivity index (χ0n) is 68.8. The van der Waals surface area contributed by atoms with Gasteiger partial charge in [0.1, 0.15) is 58.0 Å². The van der Waals surface area contributed by atoms with Gasteiger partial charge >= 0.3 is 81.2 Å². The number of anilines is 2. The number of aromatic hydroxyl groups is 1. The number of unbranched alkanes of at least 4 members (excludes halogenated alkanes) is 4. The quantitative estimate of drug-likeness (QED) is 0.0189. The number of carboxylic acid groups (broad SMARTS) is 2. The van der Waals surface area contributed by atoms with Crippen molar-refractivity contribution >= 4 is 99.5 Å². The standard InChI is InChI=1S/C47H49FN2O6S.C41H44ClFN2O2.C6H6O4S.2Na/c1-46(2)38-30-34(48)20-26-39(38)50(29-10-6-7-16-43(51)52)42(46)28-19-33-14-11-13-32(45(33)56-35-21-23-36(24-22-35)57(53,54)55)18-27-41-47(3,4)44-37-15-9-8-12-31(37)17-25-40(44)49(41)5;1-40(2)32-26-30(43)20-22-33(32)45(25-10-6-7-16-37(46)47)36(40)24-19-29-14-11-13-28(39(29)42)18-23-35-41(3,4)38-31-15-9-8-12-27(31)17-21-34(38)44(35)5;7-5-1-3-6(4-2-5)11(8,9)10;;/h8-9,12,15,17-28,30H,6-7,10-11,13-14,16,29H2,1-5H3,(H-,51,52,53,54,55);8-9,12,15,17-24,26H,6-7,10-11,13-14,16,25H2,1-5H3;1-4,7H,(H,8,9,10);;/q;;;2*+1/p+2. The molecule has 0 spiro atoms. The van der Waals surface area contributed by atoms with Gasteiger partial charge in [-0.25, -0.2) is 17.2 Å². The maximum Gasteiger partial charge on any atom is 1.00 e. The van der Waals surface area contributed by atoms with Crippen LogP contribution in [0.3, 0.4) is 0 Å². The van der Waals surface area contributed by atoms with Crippen molar-refractivity contribution in [3.05, 3.63) is 285 Å². The molecule has 4 aliphatic heterocycles. The van der Waals surface area contributed by atoms with Crippen LogP contribution in [0.2, 0.25) is 0 Å². The van der Waals surface area contributed by atoms with E-state index in [2.05, 4.69) is 210 Å². The Morgan fingerprint density at radius 2 is 0.957 bits per heavy atom. The molecular formula is C94H101ClF2N4Na2O12S2+4. The number of phenolic OH excluding ortho intramolecular Hbond substituents is 1. The first kappa shape index (κ1) is 91.0. The van der Waals surface area contributed by atoms with E-state index in [1.165, 1.54) is 110 Å². The molecule has 0 unspecified atom stereocenters. The van der Waals surface area contributed by atoms with Crippen molar-refractivity contribution in [2.45, 2.75) is 177 Å². The summed E-state index contributed by atoms with van der Waals surface area (Å²) in [4.78, 5) is 26.2. The summed E-state index contributed by atoms with van der Waals surface area (Å²) in [5.41, 5.74) is 16.2. The maximum atomic E-state index is 14.7.